The fourth-order valence-corrected chi connectivity index (χ4v) is 11.9. The van der Waals surface area contributed by atoms with Crippen molar-refractivity contribution in [3.63, 3.8) is 0 Å². The SMILES string of the molecule is CN1c2cc3c(cc2-c2sccc2C1(C)c1ccccc1)C(c1c(F)c(F)cc(F)c1S(=O)(=O)O)=c1cc2c(cc1O3)=[N+](C)C(C)(c1ccccc1)c1ccsc1-2. The van der Waals surface area contributed by atoms with Gasteiger partial charge in [-0.2, -0.15) is 8.42 Å². The third kappa shape index (κ3) is 4.84. The van der Waals surface area contributed by atoms with E-state index in [1.54, 1.807) is 12.1 Å². The van der Waals surface area contributed by atoms with Gasteiger partial charge in [0.05, 0.1) is 22.0 Å². The Morgan fingerprint density at radius 3 is 2.04 bits per heavy atom. The van der Waals surface area contributed by atoms with Crippen LogP contribution >= 0.6 is 22.7 Å². The molecule has 1 N–H and O–H groups in total. The van der Waals surface area contributed by atoms with Gasteiger partial charge in [-0.05, 0) is 47.5 Å². The highest BCUT2D eigenvalue weighted by atomic mass is 32.2. The molecule has 284 valence electrons. The van der Waals surface area contributed by atoms with Crippen molar-refractivity contribution in [1.29, 1.82) is 0 Å². The van der Waals surface area contributed by atoms with Crippen LogP contribution in [0.15, 0.2) is 119 Å². The number of hydrogen-bond acceptors (Lipinski definition) is 6. The van der Waals surface area contributed by atoms with Crippen LogP contribution in [0.2, 0.25) is 0 Å². The van der Waals surface area contributed by atoms with E-state index in [0.717, 1.165) is 54.2 Å². The molecule has 5 heterocycles. The highest BCUT2D eigenvalue weighted by Crippen LogP contribution is 2.55. The van der Waals surface area contributed by atoms with Gasteiger partial charge >= 0.3 is 0 Å². The van der Waals surface area contributed by atoms with Crippen LogP contribution in [0.4, 0.5) is 18.9 Å². The van der Waals surface area contributed by atoms with Gasteiger partial charge in [0.15, 0.2) is 11.6 Å². The Kier molecular flexibility index (Phi) is 7.70. The largest absolute Gasteiger partial charge is 0.456 e. The highest BCUT2D eigenvalue weighted by Gasteiger charge is 2.46. The minimum atomic E-state index is -5.44. The van der Waals surface area contributed by atoms with E-state index in [2.05, 4.69) is 59.7 Å². The third-order valence-corrected chi connectivity index (χ3v) is 15.0. The molecule has 2 aromatic heterocycles. The van der Waals surface area contributed by atoms with Gasteiger partial charge in [-0.1, -0.05) is 60.7 Å². The molecule has 0 saturated heterocycles. The first-order chi connectivity index (χ1) is 27.2. The van der Waals surface area contributed by atoms with Crippen LogP contribution in [0.5, 0.6) is 11.5 Å². The third-order valence-electron chi connectivity index (χ3n) is 12.2. The first-order valence-corrected chi connectivity index (χ1v) is 21.3. The topological polar surface area (TPSA) is 69.9 Å². The number of benzene rings is 5. The number of anilines is 1. The van der Waals surface area contributed by atoms with Crippen molar-refractivity contribution in [3.05, 3.63) is 175 Å². The van der Waals surface area contributed by atoms with Crippen molar-refractivity contribution in [2.75, 3.05) is 19.0 Å². The summed E-state index contributed by atoms with van der Waals surface area (Å²) < 4.78 is 93.1. The standard InChI is InChI=1S/C45H31F3N2O4S3/c1-44(24-11-7-5-8-12-24)30-15-17-55-41(30)26-19-28-36(22-34(26)49(44)3)54-37-23-35-27(42-31(16-18-56-42)45(2,50(35)4)25-13-9-6-10-14-25)20-29(37)38(28)39-40(48)32(46)21-33(47)43(39)57(51,52)53/h5-23H,1-4H3/p+1. The first kappa shape index (κ1) is 35.9. The van der Waals surface area contributed by atoms with Crippen LogP contribution in [0.3, 0.4) is 0 Å². The molecule has 7 aromatic rings. The number of rotatable bonds is 4. The first-order valence-electron chi connectivity index (χ1n) is 18.1. The molecular weight excluding hydrogens is 786 g/mol. The maximum absolute atomic E-state index is 16.5. The van der Waals surface area contributed by atoms with Crippen molar-refractivity contribution in [1.82, 2.24) is 4.58 Å². The lowest BCUT2D eigenvalue weighted by Crippen LogP contribution is -2.48. The maximum atomic E-state index is 16.5. The van der Waals surface area contributed by atoms with Crippen molar-refractivity contribution in [2.45, 2.75) is 29.8 Å². The summed E-state index contributed by atoms with van der Waals surface area (Å²) in [4.78, 5) is 2.61. The van der Waals surface area contributed by atoms with Gasteiger partial charge < -0.3 is 9.64 Å². The van der Waals surface area contributed by atoms with Gasteiger partial charge in [0, 0.05) is 80.8 Å². The summed E-state index contributed by atoms with van der Waals surface area (Å²) in [6.45, 7) is 4.27. The summed E-state index contributed by atoms with van der Waals surface area (Å²) in [5.74, 6) is -4.42. The number of halogens is 3. The van der Waals surface area contributed by atoms with Gasteiger partial charge in [-0.3, -0.25) is 4.55 Å². The average Bonchev–Trinajstić information content (AvgIpc) is 3.91. The predicted octanol–water partition coefficient (Wildman–Crippen LogP) is 9.27. The fraction of sp³-hybridized carbons (Fsp3) is 0.133. The Hall–Kier alpha value is -5.53. The van der Waals surface area contributed by atoms with E-state index >= 15 is 13.2 Å². The summed E-state index contributed by atoms with van der Waals surface area (Å²) in [6, 6.07) is 31.6. The second-order valence-electron chi connectivity index (χ2n) is 14.9. The molecule has 0 spiro atoms. The van der Waals surface area contributed by atoms with Gasteiger partial charge in [0.2, 0.25) is 10.9 Å². The molecule has 0 fully saturated rings. The van der Waals surface area contributed by atoms with E-state index < -0.39 is 49.1 Å². The summed E-state index contributed by atoms with van der Waals surface area (Å²) in [5.41, 5.74) is 4.29. The highest BCUT2D eigenvalue weighted by molar-refractivity contribution is 7.86. The lowest BCUT2D eigenvalue weighted by Gasteiger charge is -2.46. The zero-order valence-corrected chi connectivity index (χ0v) is 33.3. The molecule has 2 atom stereocenters. The van der Waals surface area contributed by atoms with Gasteiger partial charge in [0.1, 0.15) is 29.3 Å². The van der Waals surface area contributed by atoms with Gasteiger partial charge in [-0.15, -0.1) is 22.7 Å². The molecule has 2 unspecified atom stereocenters. The fourth-order valence-electron chi connectivity index (χ4n) is 9.07. The smallest absolute Gasteiger partial charge is 0.298 e. The van der Waals surface area contributed by atoms with E-state index in [1.165, 1.54) is 22.7 Å². The van der Waals surface area contributed by atoms with Crippen LogP contribution in [0.1, 0.15) is 47.2 Å². The van der Waals surface area contributed by atoms with E-state index in [-0.39, 0.29) is 33.9 Å². The summed E-state index contributed by atoms with van der Waals surface area (Å²) in [5, 5.41) is 4.96. The number of ether oxygens (including phenoxy) is 1. The van der Waals surface area contributed by atoms with E-state index in [0.29, 0.717) is 0 Å². The average molecular weight is 818 g/mol. The van der Waals surface area contributed by atoms with Crippen molar-refractivity contribution in [3.8, 4) is 32.4 Å². The molecule has 10 rings (SSSR count). The minimum Gasteiger partial charge on any atom is -0.456 e. The Labute approximate surface area is 334 Å². The molecule has 0 bridgehead atoms. The zero-order chi connectivity index (χ0) is 39.8. The monoisotopic (exact) mass is 817 g/mol. The van der Waals surface area contributed by atoms with Crippen molar-refractivity contribution >= 4 is 44.1 Å². The molecule has 57 heavy (non-hydrogen) atoms. The molecule has 6 nitrogen and oxygen atoms in total. The lowest BCUT2D eigenvalue weighted by atomic mass is 9.78. The molecule has 3 aliphatic heterocycles. The lowest BCUT2D eigenvalue weighted by molar-refractivity contribution is 0.401. The normalized spacial score (nSPS) is 19.2. The van der Waals surface area contributed by atoms with E-state index in [1.807, 2.05) is 73.4 Å². The van der Waals surface area contributed by atoms with Gasteiger partial charge in [-0.25, -0.2) is 17.7 Å². The maximum Gasteiger partial charge on any atom is 0.298 e. The summed E-state index contributed by atoms with van der Waals surface area (Å²) in [6.07, 6.45) is 0. The molecule has 0 saturated carbocycles. The summed E-state index contributed by atoms with van der Waals surface area (Å²) >= 11 is 3.03. The van der Waals surface area contributed by atoms with E-state index in [4.69, 9.17) is 4.74 Å². The van der Waals surface area contributed by atoms with Crippen LogP contribution in [0, 0.1) is 17.5 Å². The molecule has 0 amide bonds. The Balaban J connectivity index is 1.34. The van der Waals surface area contributed by atoms with E-state index in [9.17, 15) is 13.0 Å². The van der Waals surface area contributed by atoms with Crippen LogP contribution < -0.4 is 24.8 Å². The van der Waals surface area contributed by atoms with Crippen LogP contribution in [0.25, 0.3) is 26.5 Å². The predicted molar refractivity (Wildman–Crippen MR) is 218 cm³/mol. The van der Waals surface area contributed by atoms with Crippen molar-refractivity contribution < 1.29 is 30.9 Å². The molecule has 5 aromatic carbocycles. The molecule has 12 heteroatoms. The Morgan fingerprint density at radius 2 is 1.37 bits per heavy atom. The number of fused-ring (bicyclic) bond motifs is 8. The number of hydrogen-bond donors (Lipinski definition) is 1. The van der Waals surface area contributed by atoms with Crippen molar-refractivity contribution in [2.24, 2.45) is 0 Å². The number of nitrogens with zero attached hydrogens (tertiary/aromatic N) is 2. The van der Waals surface area contributed by atoms with Gasteiger partial charge in [0.25, 0.3) is 10.1 Å². The second-order valence-corrected chi connectivity index (χ2v) is 18.1. The second kappa shape index (κ2) is 12.2. The molecule has 0 radical (unpaired) electrons. The summed E-state index contributed by atoms with van der Waals surface area (Å²) in [7, 11) is -1.48. The zero-order valence-electron chi connectivity index (χ0n) is 30.9. The molecule has 3 aliphatic rings. The molecule has 0 aliphatic carbocycles. The molecular formula is C45H32F3N2O4S3+. The minimum absolute atomic E-state index is 0.130. The van der Waals surface area contributed by atoms with Crippen LogP contribution in [-0.4, -0.2) is 27.1 Å². The Morgan fingerprint density at radius 1 is 0.737 bits per heavy atom. The quantitative estimate of drug-likeness (QED) is 0.109. The Bertz CT molecular complexity index is 3130. The van der Waals surface area contributed by atoms with Crippen LogP contribution in [-0.2, 0) is 21.2 Å². The number of thiophene rings is 2.